The van der Waals surface area contributed by atoms with E-state index in [2.05, 4.69) is 29.4 Å². The summed E-state index contributed by atoms with van der Waals surface area (Å²) < 4.78 is 0. The summed E-state index contributed by atoms with van der Waals surface area (Å²) in [5.74, 6) is 0. The van der Waals surface area contributed by atoms with Crippen molar-refractivity contribution in [3.05, 3.63) is 35.5 Å². The second-order valence-electron chi connectivity index (χ2n) is 3.79. The van der Waals surface area contributed by atoms with Crippen LogP contribution in [0.3, 0.4) is 0 Å². The molecule has 1 aromatic heterocycles. The van der Waals surface area contributed by atoms with Crippen LogP contribution in [-0.2, 0) is 6.42 Å². The molecule has 1 heterocycles. The van der Waals surface area contributed by atoms with Crippen LogP contribution in [0, 0.1) is 6.92 Å². The van der Waals surface area contributed by atoms with Crippen molar-refractivity contribution in [3.63, 3.8) is 0 Å². The molecular weight excluding hydrogens is 204 g/mol. The van der Waals surface area contributed by atoms with Crippen molar-refractivity contribution in [2.75, 3.05) is 6.54 Å². The number of hydrogen-bond donors (Lipinski definition) is 3. The van der Waals surface area contributed by atoms with Gasteiger partial charge >= 0.3 is 6.09 Å². The molecule has 0 aliphatic carbocycles. The molecule has 0 saturated heterocycles. The standard InChI is InChI=1S/C12H14N2O2/c1-8-3-2-4-10-9(7-14-11(8)10)5-6-13-12(15)16/h2-4,7,13-14H,5-6H2,1H3,(H,15,16). The zero-order valence-electron chi connectivity index (χ0n) is 9.08. The second-order valence-corrected chi connectivity index (χ2v) is 3.79. The van der Waals surface area contributed by atoms with Crippen molar-refractivity contribution in [1.29, 1.82) is 0 Å². The Morgan fingerprint density at radius 2 is 2.31 bits per heavy atom. The largest absolute Gasteiger partial charge is 0.465 e. The van der Waals surface area contributed by atoms with Crippen molar-refractivity contribution in [2.24, 2.45) is 0 Å². The molecule has 0 atom stereocenters. The number of aromatic amines is 1. The predicted molar refractivity (Wildman–Crippen MR) is 62.8 cm³/mol. The van der Waals surface area contributed by atoms with Crippen LogP contribution in [0.4, 0.5) is 4.79 Å². The summed E-state index contributed by atoms with van der Waals surface area (Å²) in [5.41, 5.74) is 3.48. The quantitative estimate of drug-likeness (QED) is 0.740. The first-order valence-electron chi connectivity index (χ1n) is 5.21. The third kappa shape index (κ3) is 2.00. The Morgan fingerprint density at radius 1 is 1.50 bits per heavy atom. The number of carboxylic acid groups (broad SMARTS) is 1. The molecule has 0 radical (unpaired) electrons. The minimum atomic E-state index is -0.976. The molecule has 3 N–H and O–H groups in total. The summed E-state index contributed by atoms with van der Waals surface area (Å²) in [6.45, 7) is 2.49. The monoisotopic (exact) mass is 218 g/mol. The number of aromatic nitrogens is 1. The van der Waals surface area contributed by atoms with Gasteiger partial charge in [0.1, 0.15) is 0 Å². The minimum absolute atomic E-state index is 0.441. The van der Waals surface area contributed by atoms with E-state index in [9.17, 15) is 4.79 Å². The molecule has 0 bridgehead atoms. The van der Waals surface area contributed by atoms with Crippen LogP contribution in [0.5, 0.6) is 0 Å². The second kappa shape index (κ2) is 4.26. The Bertz CT molecular complexity index is 517. The van der Waals surface area contributed by atoms with Gasteiger partial charge in [-0.15, -0.1) is 0 Å². The van der Waals surface area contributed by atoms with E-state index in [1.807, 2.05) is 12.3 Å². The lowest BCUT2D eigenvalue weighted by atomic mass is 10.1. The third-order valence-corrected chi connectivity index (χ3v) is 2.68. The smallest absolute Gasteiger partial charge is 0.404 e. The van der Waals surface area contributed by atoms with E-state index >= 15 is 0 Å². The van der Waals surface area contributed by atoms with Gasteiger partial charge in [0.25, 0.3) is 0 Å². The summed E-state index contributed by atoms with van der Waals surface area (Å²) >= 11 is 0. The van der Waals surface area contributed by atoms with E-state index in [0.717, 1.165) is 11.1 Å². The van der Waals surface area contributed by atoms with Gasteiger partial charge in [-0.25, -0.2) is 4.79 Å². The highest BCUT2D eigenvalue weighted by Gasteiger charge is 2.05. The number of fused-ring (bicyclic) bond motifs is 1. The average Bonchev–Trinajstić information content (AvgIpc) is 2.63. The van der Waals surface area contributed by atoms with E-state index in [1.54, 1.807) is 0 Å². The molecule has 0 aliphatic rings. The molecule has 1 aromatic carbocycles. The van der Waals surface area contributed by atoms with E-state index in [0.29, 0.717) is 13.0 Å². The van der Waals surface area contributed by atoms with Gasteiger partial charge in [0.05, 0.1) is 0 Å². The van der Waals surface area contributed by atoms with Crippen molar-refractivity contribution in [3.8, 4) is 0 Å². The van der Waals surface area contributed by atoms with Crippen molar-refractivity contribution in [2.45, 2.75) is 13.3 Å². The van der Waals surface area contributed by atoms with Crippen LogP contribution in [0.25, 0.3) is 10.9 Å². The fourth-order valence-corrected chi connectivity index (χ4v) is 1.87. The maximum Gasteiger partial charge on any atom is 0.404 e. The molecule has 0 spiro atoms. The number of carbonyl (C=O) groups is 1. The summed E-state index contributed by atoms with van der Waals surface area (Å²) in [7, 11) is 0. The average molecular weight is 218 g/mol. The van der Waals surface area contributed by atoms with E-state index in [4.69, 9.17) is 5.11 Å². The van der Waals surface area contributed by atoms with Crippen molar-refractivity contribution >= 4 is 17.0 Å². The fraction of sp³-hybridized carbons (Fsp3) is 0.250. The number of hydrogen-bond acceptors (Lipinski definition) is 1. The number of nitrogens with one attached hydrogen (secondary N) is 2. The maximum atomic E-state index is 10.3. The zero-order valence-corrected chi connectivity index (χ0v) is 9.08. The van der Waals surface area contributed by atoms with Crippen LogP contribution in [0.15, 0.2) is 24.4 Å². The predicted octanol–water partition coefficient (Wildman–Crippen LogP) is 2.29. The number of aryl methyl sites for hydroxylation is 1. The van der Waals surface area contributed by atoms with E-state index in [1.165, 1.54) is 10.9 Å². The zero-order chi connectivity index (χ0) is 11.5. The lowest BCUT2D eigenvalue weighted by Crippen LogP contribution is -2.23. The molecule has 4 heteroatoms. The third-order valence-electron chi connectivity index (χ3n) is 2.68. The van der Waals surface area contributed by atoms with Crippen molar-refractivity contribution < 1.29 is 9.90 Å². The van der Waals surface area contributed by atoms with Crippen LogP contribution >= 0.6 is 0 Å². The Morgan fingerprint density at radius 3 is 3.06 bits per heavy atom. The molecule has 0 unspecified atom stereocenters. The molecule has 4 nitrogen and oxygen atoms in total. The van der Waals surface area contributed by atoms with Crippen molar-refractivity contribution in [1.82, 2.24) is 10.3 Å². The molecule has 1 amide bonds. The first kappa shape index (κ1) is 10.5. The molecule has 84 valence electrons. The topological polar surface area (TPSA) is 65.1 Å². The molecule has 2 rings (SSSR count). The molecule has 2 aromatic rings. The summed E-state index contributed by atoms with van der Waals surface area (Å²) in [4.78, 5) is 13.5. The molecule has 0 fully saturated rings. The fourth-order valence-electron chi connectivity index (χ4n) is 1.87. The maximum absolute atomic E-state index is 10.3. The highest BCUT2D eigenvalue weighted by molar-refractivity contribution is 5.85. The summed E-state index contributed by atoms with van der Waals surface area (Å²) in [6.07, 6.45) is 1.67. The van der Waals surface area contributed by atoms with Gasteiger partial charge in [-0.1, -0.05) is 18.2 Å². The minimum Gasteiger partial charge on any atom is -0.465 e. The summed E-state index contributed by atoms with van der Waals surface area (Å²) in [5, 5.41) is 12.0. The Balaban J connectivity index is 2.19. The van der Waals surface area contributed by atoms with Crippen LogP contribution in [0.2, 0.25) is 0 Å². The lowest BCUT2D eigenvalue weighted by molar-refractivity contribution is 0.194. The van der Waals surface area contributed by atoms with Gasteiger partial charge in [-0.3, -0.25) is 0 Å². The van der Waals surface area contributed by atoms with Gasteiger partial charge < -0.3 is 15.4 Å². The van der Waals surface area contributed by atoms with Gasteiger partial charge in [-0.05, 0) is 24.5 Å². The van der Waals surface area contributed by atoms with Gasteiger partial charge in [0, 0.05) is 23.6 Å². The van der Waals surface area contributed by atoms with Gasteiger partial charge in [-0.2, -0.15) is 0 Å². The number of rotatable bonds is 3. The number of para-hydroxylation sites is 1. The van der Waals surface area contributed by atoms with Crippen LogP contribution in [0.1, 0.15) is 11.1 Å². The van der Waals surface area contributed by atoms with Crippen LogP contribution < -0.4 is 5.32 Å². The Hall–Kier alpha value is -1.97. The number of amides is 1. The first-order chi connectivity index (χ1) is 7.68. The normalized spacial score (nSPS) is 10.6. The lowest BCUT2D eigenvalue weighted by Gasteiger charge is -2.00. The summed E-state index contributed by atoms with van der Waals surface area (Å²) in [6, 6.07) is 6.12. The molecule has 16 heavy (non-hydrogen) atoms. The van der Waals surface area contributed by atoms with E-state index in [-0.39, 0.29) is 0 Å². The molecule has 0 saturated carbocycles. The first-order valence-corrected chi connectivity index (χ1v) is 5.21. The van der Waals surface area contributed by atoms with Gasteiger partial charge in [0.15, 0.2) is 0 Å². The molecule has 0 aliphatic heterocycles. The van der Waals surface area contributed by atoms with Gasteiger partial charge in [0.2, 0.25) is 0 Å². The highest BCUT2D eigenvalue weighted by atomic mass is 16.4. The SMILES string of the molecule is Cc1cccc2c(CCNC(=O)O)c[nH]c12. The number of H-pyrrole nitrogens is 1. The number of benzene rings is 1. The highest BCUT2D eigenvalue weighted by Crippen LogP contribution is 2.21. The van der Waals surface area contributed by atoms with E-state index < -0.39 is 6.09 Å². The van der Waals surface area contributed by atoms with Crippen LogP contribution in [-0.4, -0.2) is 22.7 Å². The Kier molecular flexibility index (Phi) is 2.81. The molecular formula is C12H14N2O2. The Labute approximate surface area is 93.3 Å².